The number of hydrogen-bond donors (Lipinski definition) is 1. The highest BCUT2D eigenvalue weighted by molar-refractivity contribution is 7.17. The molecule has 0 unspecified atom stereocenters. The number of nitrogens with zero attached hydrogens (tertiary/aromatic N) is 2. The molecule has 0 aliphatic heterocycles. The van der Waals surface area contributed by atoms with Crippen LogP contribution >= 0.6 is 11.3 Å². The lowest BCUT2D eigenvalue weighted by atomic mass is 10.1. The normalized spacial score (nSPS) is 11.4. The molecular weight excluding hydrogens is 363 g/mol. The first-order valence-electron chi connectivity index (χ1n) is 7.63. The molecule has 0 fully saturated rings. The second-order valence-electron chi connectivity index (χ2n) is 5.68. The van der Waals surface area contributed by atoms with Gasteiger partial charge in [-0.3, -0.25) is 4.79 Å². The Labute approximate surface area is 151 Å². The Morgan fingerprint density at radius 2 is 1.77 bits per heavy atom. The van der Waals surface area contributed by atoms with Gasteiger partial charge in [0.2, 0.25) is 0 Å². The van der Waals surface area contributed by atoms with E-state index in [2.05, 4.69) is 15.3 Å². The zero-order valence-corrected chi connectivity index (χ0v) is 14.7. The molecule has 1 N–H and O–H groups in total. The molecule has 8 heteroatoms. The Bertz CT molecular complexity index is 932. The van der Waals surface area contributed by atoms with E-state index in [0.717, 1.165) is 29.0 Å². The number of alkyl halides is 3. The maximum Gasteiger partial charge on any atom is 0.416 e. The van der Waals surface area contributed by atoms with E-state index in [1.165, 1.54) is 12.1 Å². The molecule has 26 heavy (non-hydrogen) atoms. The van der Waals surface area contributed by atoms with Crippen LogP contribution in [0.2, 0.25) is 0 Å². The topological polar surface area (TPSA) is 54.9 Å². The lowest BCUT2D eigenvalue weighted by molar-refractivity contribution is -0.137. The monoisotopic (exact) mass is 377 g/mol. The zero-order chi connectivity index (χ0) is 18.9. The third-order valence-electron chi connectivity index (χ3n) is 3.61. The molecule has 0 saturated heterocycles. The van der Waals surface area contributed by atoms with Crippen molar-refractivity contribution in [1.82, 2.24) is 9.97 Å². The van der Waals surface area contributed by atoms with Gasteiger partial charge in [0.15, 0.2) is 0 Å². The fraction of sp³-hybridized carbons (Fsp3) is 0.167. The van der Waals surface area contributed by atoms with E-state index in [0.29, 0.717) is 27.0 Å². The minimum absolute atomic E-state index is 0.352. The van der Waals surface area contributed by atoms with E-state index >= 15 is 0 Å². The number of nitrogens with one attached hydrogen (secondary N) is 1. The number of carbonyl (C=O) groups excluding carboxylic acids is 1. The molecule has 2 aromatic heterocycles. The summed E-state index contributed by atoms with van der Waals surface area (Å²) in [5, 5.41) is 3.18. The number of benzene rings is 1. The standard InChI is InChI=1S/C18H14F3N3OS/c1-10-3-8-14(22-9-10)24-16(25)15-11(2)23-17(26-15)12-4-6-13(7-5-12)18(19,20)21/h3-9H,1-2H3,(H,22,24,25). The van der Waals surface area contributed by atoms with Gasteiger partial charge in [0.05, 0.1) is 11.3 Å². The van der Waals surface area contributed by atoms with Gasteiger partial charge in [0.25, 0.3) is 5.91 Å². The molecule has 0 saturated carbocycles. The van der Waals surface area contributed by atoms with Gasteiger partial charge in [-0.2, -0.15) is 13.2 Å². The van der Waals surface area contributed by atoms with Gasteiger partial charge in [-0.05, 0) is 37.6 Å². The average Bonchev–Trinajstić information content (AvgIpc) is 2.98. The van der Waals surface area contributed by atoms with Gasteiger partial charge >= 0.3 is 6.18 Å². The highest BCUT2D eigenvalue weighted by Gasteiger charge is 2.30. The number of amides is 1. The molecule has 0 spiro atoms. The summed E-state index contributed by atoms with van der Waals surface area (Å²) in [6, 6.07) is 8.23. The van der Waals surface area contributed by atoms with Crippen LogP contribution in [0.3, 0.4) is 0 Å². The van der Waals surface area contributed by atoms with E-state index in [9.17, 15) is 18.0 Å². The first-order valence-corrected chi connectivity index (χ1v) is 8.45. The number of anilines is 1. The Hall–Kier alpha value is -2.74. The number of pyridine rings is 1. The molecule has 4 nitrogen and oxygen atoms in total. The minimum atomic E-state index is -4.39. The first-order chi connectivity index (χ1) is 12.2. The molecule has 0 radical (unpaired) electrons. The lowest BCUT2D eigenvalue weighted by Crippen LogP contribution is -2.12. The molecular formula is C18H14F3N3OS. The Balaban J connectivity index is 1.82. The molecule has 3 rings (SSSR count). The highest BCUT2D eigenvalue weighted by Crippen LogP contribution is 2.33. The fourth-order valence-corrected chi connectivity index (χ4v) is 3.21. The van der Waals surface area contributed by atoms with E-state index in [4.69, 9.17) is 0 Å². The number of rotatable bonds is 3. The number of halogens is 3. The van der Waals surface area contributed by atoms with Gasteiger partial charge in [0.1, 0.15) is 15.7 Å². The van der Waals surface area contributed by atoms with Crippen molar-refractivity contribution in [3.05, 3.63) is 64.3 Å². The smallest absolute Gasteiger partial charge is 0.306 e. The SMILES string of the molecule is Cc1ccc(NC(=O)c2sc(-c3ccc(C(F)(F)F)cc3)nc2C)nc1. The molecule has 2 heterocycles. The number of aryl methyl sites for hydroxylation is 2. The number of thiazole rings is 1. The van der Waals surface area contributed by atoms with Crippen molar-refractivity contribution in [2.24, 2.45) is 0 Å². The fourth-order valence-electron chi connectivity index (χ4n) is 2.25. The van der Waals surface area contributed by atoms with Crippen molar-refractivity contribution >= 4 is 23.1 Å². The van der Waals surface area contributed by atoms with Crippen molar-refractivity contribution < 1.29 is 18.0 Å². The summed E-state index contributed by atoms with van der Waals surface area (Å²) in [6.45, 7) is 3.57. The summed E-state index contributed by atoms with van der Waals surface area (Å²) in [5.41, 5.74) is 1.28. The van der Waals surface area contributed by atoms with Gasteiger partial charge < -0.3 is 5.32 Å². The molecule has 1 amide bonds. The number of hydrogen-bond acceptors (Lipinski definition) is 4. The third kappa shape index (κ3) is 3.91. The van der Waals surface area contributed by atoms with Crippen LogP contribution < -0.4 is 5.32 Å². The first kappa shape index (κ1) is 18.1. The predicted octanol–water partition coefficient (Wildman–Crippen LogP) is 5.09. The predicted molar refractivity (Wildman–Crippen MR) is 94.2 cm³/mol. The summed E-state index contributed by atoms with van der Waals surface area (Å²) < 4.78 is 38.0. The van der Waals surface area contributed by atoms with Crippen LogP contribution in [0, 0.1) is 13.8 Å². The van der Waals surface area contributed by atoms with Crippen molar-refractivity contribution in [3.63, 3.8) is 0 Å². The Morgan fingerprint density at radius 1 is 1.08 bits per heavy atom. The second kappa shape index (κ2) is 6.87. The largest absolute Gasteiger partial charge is 0.416 e. The average molecular weight is 377 g/mol. The van der Waals surface area contributed by atoms with Gasteiger partial charge in [0, 0.05) is 11.8 Å². The molecule has 0 aliphatic carbocycles. The summed E-state index contributed by atoms with van der Waals surface area (Å²) in [5.74, 6) is 0.0685. The van der Waals surface area contributed by atoms with Crippen molar-refractivity contribution in [3.8, 4) is 10.6 Å². The summed E-state index contributed by atoms with van der Waals surface area (Å²) in [6.07, 6.45) is -2.74. The number of carbonyl (C=O) groups is 1. The quantitative estimate of drug-likeness (QED) is 0.691. The zero-order valence-electron chi connectivity index (χ0n) is 13.9. The minimum Gasteiger partial charge on any atom is -0.306 e. The van der Waals surface area contributed by atoms with Crippen LogP contribution in [-0.2, 0) is 6.18 Å². The summed E-state index contributed by atoms with van der Waals surface area (Å²) >= 11 is 1.12. The molecule has 0 atom stereocenters. The maximum absolute atomic E-state index is 12.7. The van der Waals surface area contributed by atoms with Gasteiger partial charge in [-0.1, -0.05) is 18.2 Å². The van der Waals surface area contributed by atoms with Crippen LogP contribution in [0.5, 0.6) is 0 Å². The Kier molecular flexibility index (Phi) is 4.78. The van der Waals surface area contributed by atoms with E-state index in [-0.39, 0.29) is 5.91 Å². The lowest BCUT2D eigenvalue weighted by Gasteiger charge is -2.06. The van der Waals surface area contributed by atoms with E-state index < -0.39 is 11.7 Å². The maximum atomic E-state index is 12.7. The highest BCUT2D eigenvalue weighted by atomic mass is 32.1. The molecule has 1 aromatic carbocycles. The number of aromatic nitrogens is 2. The van der Waals surface area contributed by atoms with Crippen LogP contribution in [-0.4, -0.2) is 15.9 Å². The molecule has 3 aromatic rings. The second-order valence-corrected chi connectivity index (χ2v) is 6.68. The van der Waals surface area contributed by atoms with Crippen molar-refractivity contribution in [2.45, 2.75) is 20.0 Å². The van der Waals surface area contributed by atoms with Crippen LogP contribution in [0.1, 0.15) is 26.5 Å². The van der Waals surface area contributed by atoms with Crippen LogP contribution in [0.4, 0.5) is 19.0 Å². The molecule has 134 valence electrons. The van der Waals surface area contributed by atoms with Gasteiger partial charge in [-0.25, -0.2) is 9.97 Å². The van der Waals surface area contributed by atoms with Crippen LogP contribution in [0.25, 0.3) is 10.6 Å². The van der Waals surface area contributed by atoms with Crippen LogP contribution in [0.15, 0.2) is 42.6 Å². The summed E-state index contributed by atoms with van der Waals surface area (Å²) in [7, 11) is 0. The van der Waals surface area contributed by atoms with E-state index in [1.54, 1.807) is 19.2 Å². The van der Waals surface area contributed by atoms with Crippen molar-refractivity contribution in [1.29, 1.82) is 0 Å². The van der Waals surface area contributed by atoms with Gasteiger partial charge in [-0.15, -0.1) is 11.3 Å². The summed E-state index contributed by atoms with van der Waals surface area (Å²) in [4.78, 5) is 21.2. The Morgan fingerprint density at radius 3 is 2.35 bits per heavy atom. The van der Waals surface area contributed by atoms with Crippen molar-refractivity contribution in [2.75, 3.05) is 5.32 Å². The third-order valence-corrected chi connectivity index (χ3v) is 4.82. The molecule has 0 bridgehead atoms. The van der Waals surface area contributed by atoms with E-state index in [1.807, 2.05) is 13.0 Å². The molecule has 0 aliphatic rings.